The fourth-order valence-electron chi connectivity index (χ4n) is 1.97. The summed E-state index contributed by atoms with van der Waals surface area (Å²) in [6, 6.07) is 2.97. The molecule has 0 amide bonds. The third-order valence-electron chi connectivity index (χ3n) is 3.08. The second-order valence-corrected chi connectivity index (χ2v) is 4.95. The highest BCUT2D eigenvalue weighted by Crippen LogP contribution is 2.30. The second kappa shape index (κ2) is 7.62. The maximum Gasteiger partial charge on any atom is 0.323 e. The molecule has 0 aliphatic heterocycles. The van der Waals surface area contributed by atoms with Gasteiger partial charge in [-0.15, -0.1) is 0 Å². The van der Waals surface area contributed by atoms with Crippen molar-refractivity contribution in [2.75, 3.05) is 29.9 Å². The van der Waals surface area contributed by atoms with Crippen LogP contribution in [0.1, 0.15) is 39.5 Å². The lowest BCUT2D eigenvalue weighted by Gasteiger charge is -2.21. The van der Waals surface area contributed by atoms with Gasteiger partial charge in [0.2, 0.25) is 11.9 Å². The molecule has 0 radical (unpaired) electrons. The van der Waals surface area contributed by atoms with Crippen molar-refractivity contribution in [3.8, 4) is 12.1 Å². The average molecular weight is 290 g/mol. The molecule has 0 saturated heterocycles. The van der Waals surface area contributed by atoms with Crippen LogP contribution >= 0.6 is 0 Å². The van der Waals surface area contributed by atoms with Gasteiger partial charge in [0.05, 0.1) is 19.1 Å². The molecule has 1 aromatic rings. The van der Waals surface area contributed by atoms with E-state index >= 15 is 0 Å². The van der Waals surface area contributed by atoms with E-state index < -0.39 is 0 Å². The molecule has 0 spiro atoms. The van der Waals surface area contributed by atoms with Gasteiger partial charge in [-0.2, -0.15) is 20.2 Å². The van der Waals surface area contributed by atoms with Gasteiger partial charge in [-0.3, -0.25) is 0 Å². The summed E-state index contributed by atoms with van der Waals surface area (Å²) in [5, 5.41) is 11.9. The van der Waals surface area contributed by atoms with E-state index in [1.165, 1.54) is 0 Å². The molecule has 0 atom stereocenters. The highest BCUT2D eigenvalue weighted by Gasteiger charge is 2.31. The van der Waals surface area contributed by atoms with Crippen molar-refractivity contribution < 1.29 is 4.74 Å². The van der Waals surface area contributed by atoms with Gasteiger partial charge in [-0.05, 0) is 26.2 Å². The van der Waals surface area contributed by atoms with Gasteiger partial charge >= 0.3 is 6.01 Å². The Balaban J connectivity index is 2.21. The van der Waals surface area contributed by atoms with Crippen LogP contribution in [0.2, 0.25) is 0 Å². The minimum atomic E-state index is 0.348. The lowest BCUT2D eigenvalue weighted by Crippen LogP contribution is -2.29. The second-order valence-electron chi connectivity index (χ2n) is 4.95. The van der Waals surface area contributed by atoms with E-state index in [4.69, 9.17) is 10.00 Å². The van der Waals surface area contributed by atoms with Crippen molar-refractivity contribution in [1.29, 1.82) is 5.26 Å². The zero-order valence-corrected chi connectivity index (χ0v) is 12.7. The van der Waals surface area contributed by atoms with Gasteiger partial charge in [0, 0.05) is 19.1 Å². The van der Waals surface area contributed by atoms with Gasteiger partial charge in [-0.1, -0.05) is 6.92 Å². The summed E-state index contributed by atoms with van der Waals surface area (Å²) in [6.07, 6.45) is 3.61. The molecule has 0 bridgehead atoms. The monoisotopic (exact) mass is 290 g/mol. The van der Waals surface area contributed by atoms with E-state index in [1.54, 1.807) is 0 Å². The Labute approximate surface area is 125 Å². The number of hydrogen-bond acceptors (Lipinski definition) is 7. The first-order chi connectivity index (χ1) is 10.3. The number of nitrogens with one attached hydrogen (secondary N) is 1. The molecule has 1 aliphatic carbocycles. The molecule has 7 nitrogen and oxygen atoms in total. The van der Waals surface area contributed by atoms with Crippen LogP contribution in [-0.2, 0) is 0 Å². The summed E-state index contributed by atoms with van der Waals surface area (Å²) < 4.78 is 5.54. The molecule has 1 fully saturated rings. The van der Waals surface area contributed by atoms with Crippen LogP contribution in [0.25, 0.3) is 0 Å². The van der Waals surface area contributed by atoms with Gasteiger partial charge in [-0.25, -0.2) is 0 Å². The third kappa shape index (κ3) is 4.45. The quantitative estimate of drug-likeness (QED) is 0.744. The Bertz CT molecular complexity index is 497. The van der Waals surface area contributed by atoms with Gasteiger partial charge in [0.1, 0.15) is 0 Å². The minimum Gasteiger partial charge on any atom is -0.463 e. The first-order valence-corrected chi connectivity index (χ1v) is 7.54. The molecule has 7 heteroatoms. The molecule has 1 aliphatic rings. The van der Waals surface area contributed by atoms with E-state index in [-0.39, 0.29) is 0 Å². The van der Waals surface area contributed by atoms with Crippen LogP contribution in [0.3, 0.4) is 0 Å². The maximum absolute atomic E-state index is 8.81. The van der Waals surface area contributed by atoms with E-state index in [0.29, 0.717) is 43.5 Å². The van der Waals surface area contributed by atoms with Crippen molar-refractivity contribution in [1.82, 2.24) is 15.0 Å². The fourth-order valence-corrected chi connectivity index (χ4v) is 1.97. The molecule has 114 valence electrons. The van der Waals surface area contributed by atoms with Crippen molar-refractivity contribution in [3.63, 3.8) is 0 Å². The summed E-state index contributed by atoms with van der Waals surface area (Å²) in [6.45, 7) is 5.99. The zero-order valence-electron chi connectivity index (χ0n) is 12.7. The molecule has 0 aromatic carbocycles. The molecule has 1 N–H and O–H groups in total. The van der Waals surface area contributed by atoms with Crippen LogP contribution in [0.15, 0.2) is 0 Å². The highest BCUT2D eigenvalue weighted by molar-refractivity contribution is 5.40. The first kappa shape index (κ1) is 15.3. The number of nitriles is 1. The Kier molecular flexibility index (Phi) is 5.55. The zero-order chi connectivity index (χ0) is 15.1. The van der Waals surface area contributed by atoms with Crippen LogP contribution in [-0.4, -0.2) is 40.7 Å². The first-order valence-electron chi connectivity index (χ1n) is 7.54. The molecule has 1 heterocycles. The Morgan fingerprint density at radius 3 is 2.76 bits per heavy atom. The van der Waals surface area contributed by atoms with Gasteiger partial charge in [0.25, 0.3) is 0 Å². The number of anilines is 2. The molecule has 1 saturated carbocycles. The number of ether oxygens (including phenoxy) is 1. The Hall–Kier alpha value is -2.10. The summed E-state index contributed by atoms with van der Waals surface area (Å²) in [5.41, 5.74) is 0. The van der Waals surface area contributed by atoms with E-state index in [0.717, 1.165) is 25.8 Å². The summed E-state index contributed by atoms with van der Waals surface area (Å²) in [4.78, 5) is 15.2. The summed E-state index contributed by atoms with van der Waals surface area (Å²) in [5.74, 6) is 1.13. The Morgan fingerprint density at radius 1 is 1.33 bits per heavy atom. The average Bonchev–Trinajstić information content (AvgIpc) is 3.30. The minimum absolute atomic E-state index is 0.348. The van der Waals surface area contributed by atoms with Crippen LogP contribution < -0.4 is 15.0 Å². The lowest BCUT2D eigenvalue weighted by molar-refractivity contribution is 0.291. The van der Waals surface area contributed by atoms with Crippen molar-refractivity contribution in [2.45, 2.75) is 45.6 Å². The van der Waals surface area contributed by atoms with E-state index in [9.17, 15) is 0 Å². The van der Waals surface area contributed by atoms with Crippen molar-refractivity contribution in [2.24, 2.45) is 0 Å². The number of aromatic nitrogens is 3. The molecular formula is C14H22N6O. The van der Waals surface area contributed by atoms with Gasteiger partial charge < -0.3 is 15.0 Å². The van der Waals surface area contributed by atoms with E-state index in [2.05, 4.69) is 31.2 Å². The highest BCUT2D eigenvalue weighted by atomic mass is 16.5. The Morgan fingerprint density at radius 2 is 2.14 bits per heavy atom. The van der Waals surface area contributed by atoms with E-state index in [1.807, 2.05) is 13.8 Å². The molecule has 21 heavy (non-hydrogen) atoms. The molecule has 2 rings (SSSR count). The number of hydrogen-bond donors (Lipinski definition) is 1. The maximum atomic E-state index is 8.81. The standard InChI is InChI=1S/C14H22N6O/c1-3-10-21-14-18-12(16-4-2)17-13(19-14)20(9-5-8-15)11-6-7-11/h11H,3-7,9-10H2,1-2H3,(H,16,17,18,19). The topological polar surface area (TPSA) is 87.0 Å². The van der Waals surface area contributed by atoms with Crippen molar-refractivity contribution >= 4 is 11.9 Å². The lowest BCUT2D eigenvalue weighted by atomic mass is 10.4. The molecule has 0 unspecified atom stereocenters. The van der Waals surface area contributed by atoms with Crippen molar-refractivity contribution in [3.05, 3.63) is 0 Å². The smallest absolute Gasteiger partial charge is 0.323 e. The van der Waals surface area contributed by atoms with Crippen LogP contribution in [0, 0.1) is 11.3 Å². The molecule has 1 aromatic heterocycles. The SMILES string of the molecule is CCCOc1nc(NCC)nc(N(CCC#N)C2CC2)n1. The largest absolute Gasteiger partial charge is 0.463 e. The predicted octanol–water partition coefficient (Wildman–Crippen LogP) is 1.97. The number of rotatable bonds is 9. The fraction of sp³-hybridized carbons (Fsp3) is 0.714. The normalized spacial score (nSPS) is 13.6. The van der Waals surface area contributed by atoms with Crippen LogP contribution in [0.5, 0.6) is 6.01 Å². The molecular weight excluding hydrogens is 268 g/mol. The summed E-state index contributed by atoms with van der Waals surface area (Å²) >= 11 is 0. The van der Waals surface area contributed by atoms with Crippen LogP contribution in [0.4, 0.5) is 11.9 Å². The summed E-state index contributed by atoms with van der Waals surface area (Å²) in [7, 11) is 0. The third-order valence-corrected chi connectivity index (χ3v) is 3.08. The number of nitrogens with zero attached hydrogens (tertiary/aromatic N) is 5. The van der Waals surface area contributed by atoms with Gasteiger partial charge in [0.15, 0.2) is 0 Å². The predicted molar refractivity (Wildman–Crippen MR) is 80.4 cm³/mol.